The van der Waals surface area contributed by atoms with E-state index in [1.54, 1.807) is 12.1 Å². The Morgan fingerprint density at radius 1 is 1.50 bits per heavy atom. The van der Waals surface area contributed by atoms with Gasteiger partial charge in [-0.25, -0.2) is 4.98 Å². The summed E-state index contributed by atoms with van der Waals surface area (Å²) < 4.78 is 5.29. The highest BCUT2D eigenvalue weighted by atomic mass is 16.5. The highest BCUT2D eigenvalue weighted by molar-refractivity contribution is 5.94. The van der Waals surface area contributed by atoms with Crippen molar-refractivity contribution in [2.75, 3.05) is 25.5 Å². The molecule has 2 heterocycles. The number of aryl methyl sites for hydroxylation is 1. The number of carbonyl (C=O) groups excluding carboxylic acids is 1. The third-order valence-electron chi connectivity index (χ3n) is 3.13. The molecule has 0 spiro atoms. The molecular formula is C13H19N3O2. The van der Waals surface area contributed by atoms with E-state index in [1.165, 1.54) is 0 Å². The summed E-state index contributed by atoms with van der Waals surface area (Å²) in [6.45, 7) is 4.11. The molecule has 0 bridgehead atoms. The number of nitrogens with two attached hydrogens (primary N) is 1. The molecule has 0 unspecified atom stereocenters. The lowest BCUT2D eigenvalue weighted by Crippen LogP contribution is -2.32. The third-order valence-corrected chi connectivity index (χ3v) is 3.13. The average molecular weight is 249 g/mol. The molecule has 0 radical (unpaired) electrons. The maximum absolute atomic E-state index is 12.0. The molecule has 1 aliphatic heterocycles. The number of amides is 1. The van der Waals surface area contributed by atoms with Crippen LogP contribution in [0.4, 0.5) is 5.82 Å². The van der Waals surface area contributed by atoms with Crippen LogP contribution in [-0.2, 0) is 4.74 Å². The zero-order valence-electron chi connectivity index (χ0n) is 10.6. The fraction of sp³-hybridized carbons (Fsp3) is 0.538. The summed E-state index contributed by atoms with van der Waals surface area (Å²) in [7, 11) is 0. The molecule has 0 aromatic carbocycles. The van der Waals surface area contributed by atoms with Crippen LogP contribution in [0.1, 0.15) is 28.9 Å². The molecule has 3 N–H and O–H groups in total. The number of ether oxygens (including phenoxy) is 1. The number of aromatic nitrogens is 1. The zero-order valence-corrected chi connectivity index (χ0v) is 10.6. The van der Waals surface area contributed by atoms with Crippen LogP contribution in [0.15, 0.2) is 12.1 Å². The molecule has 0 atom stereocenters. The second-order valence-electron chi connectivity index (χ2n) is 4.69. The maximum Gasteiger partial charge on any atom is 0.251 e. The average Bonchev–Trinajstić information content (AvgIpc) is 2.36. The van der Waals surface area contributed by atoms with E-state index < -0.39 is 0 Å². The van der Waals surface area contributed by atoms with Gasteiger partial charge in [-0.05, 0) is 37.8 Å². The maximum atomic E-state index is 12.0. The minimum absolute atomic E-state index is 0.0845. The second kappa shape index (κ2) is 5.82. The monoisotopic (exact) mass is 249 g/mol. The van der Waals surface area contributed by atoms with Crippen molar-refractivity contribution in [3.05, 3.63) is 23.4 Å². The summed E-state index contributed by atoms with van der Waals surface area (Å²) >= 11 is 0. The van der Waals surface area contributed by atoms with E-state index in [1.807, 2.05) is 6.92 Å². The first kappa shape index (κ1) is 12.8. The molecule has 1 aromatic rings. The Morgan fingerprint density at radius 2 is 2.22 bits per heavy atom. The summed E-state index contributed by atoms with van der Waals surface area (Å²) in [4.78, 5) is 16.0. The van der Waals surface area contributed by atoms with E-state index in [-0.39, 0.29) is 5.91 Å². The number of carbonyl (C=O) groups is 1. The van der Waals surface area contributed by atoms with Gasteiger partial charge in [0.2, 0.25) is 0 Å². The van der Waals surface area contributed by atoms with Crippen molar-refractivity contribution >= 4 is 11.7 Å². The highest BCUT2D eigenvalue weighted by Gasteiger charge is 2.15. The van der Waals surface area contributed by atoms with Gasteiger partial charge in [-0.2, -0.15) is 0 Å². The molecule has 1 aromatic heterocycles. The SMILES string of the molecule is Cc1cc(C(=O)NCC2CCOCC2)cc(N)n1. The van der Waals surface area contributed by atoms with Crippen LogP contribution < -0.4 is 11.1 Å². The van der Waals surface area contributed by atoms with Crippen LogP contribution in [-0.4, -0.2) is 30.6 Å². The lowest BCUT2D eigenvalue weighted by atomic mass is 10.0. The Hall–Kier alpha value is -1.62. The van der Waals surface area contributed by atoms with Crippen molar-refractivity contribution in [2.24, 2.45) is 5.92 Å². The Morgan fingerprint density at radius 3 is 2.89 bits per heavy atom. The number of hydrogen-bond donors (Lipinski definition) is 2. The van der Waals surface area contributed by atoms with Gasteiger partial charge in [-0.15, -0.1) is 0 Å². The van der Waals surface area contributed by atoms with Crippen LogP contribution in [0, 0.1) is 12.8 Å². The van der Waals surface area contributed by atoms with Crippen LogP contribution in [0.25, 0.3) is 0 Å². The van der Waals surface area contributed by atoms with E-state index >= 15 is 0 Å². The molecule has 5 nitrogen and oxygen atoms in total. The normalized spacial score (nSPS) is 16.5. The summed E-state index contributed by atoms with van der Waals surface area (Å²) in [5.41, 5.74) is 6.96. The zero-order chi connectivity index (χ0) is 13.0. The largest absolute Gasteiger partial charge is 0.384 e. The van der Waals surface area contributed by atoms with Gasteiger partial charge in [0.1, 0.15) is 5.82 Å². The van der Waals surface area contributed by atoms with Crippen molar-refractivity contribution < 1.29 is 9.53 Å². The molecule has 1 fully saturated rings. The molecule has 5 heteroatoms. The Labute approximate surface area is 107 Å². The van der Waals surface area contributed by atoms with Gasteiger partial charge >= 0.3 is 0 Å². The second-order valence-corrected chi connectivity index (χ2v) is 4.69. The van der Waals surface area contributed by atoms with Crippen molar-refractivity contribution in [2.45, 2.75) is 19.8 Å². The lowest BCUT2D eigenvalue weighted by molar-refractivity contribution is 0.0642. The molecule has 0 saturated carbocycles. The van der Waals surface area contributed by atoms with Gasteiger partial charge in [0, 0.05) is 31.0 Å². The molecule has 0 aliphatic carbocycles. The Balaban J connectivity index is 1.90. The van der Waals surface area contributed by atoms with E-state index in [9.17, 15) is 4.79 Å². The fourth-order valence-corrected chi connectivity index (χ4v) is 2.11. The molecule has 1 saturated heterocycles. The number of anilines is 1. The number of nitrogens with zero attached hydrogens (tertiary/aromatic N) is 1. The number of hydrogen-bond acceptors (Lipinski definition) is 4. The minimum Gasteiger partial charge on any atom is -0.384 e. The number of rotatable bonds is 3. The van der Waals surface area contributed by atoms with Crippen LogP contribution in [0.2, 0.25) is 0 Å². The van der Waals surface area contributed by atoms with Crippen LogP contribution in [0.5, 0.6) is 0 Å². The summed E-state index contributed by atoms with van der Waals surface area (Å²) in [5, 5.41) is 2.95. The molecule has 1 amide bonds. The van der Waals surface area contributed by atoms with Gasteiger partial charge in [0.15, 0.2) is 0 Å². The highest BCUT2D eigenvalue weighted by Crippen LogP contribution is 2.14. The summed E-state index contributed by atoms with van der Waals surface area (Å²) in [5.74, 6) is 0.813. The number of nitrogen functional groups attached to an aromatic ring is 1. The molecular weight excluding hydrogens is 230 g/mol. The van der Waals surface area contributed by atoms with E-state index in [2.05, 4.69) is 10.3 Å². The number of nitrogens with one attached hydrogen (secondary N) is 1. The van der Waals surface area contributed by atoms with Crippen LogP contribution in [0.3, 0.4) is 0 Å². The van der Waals surface area contributed by atoms with Crippen molar-refractivity contribution in [3.63, 3.8) is 0 Å². The minimum atomic E-state index is -0.0845. The van der Waals surface area contributed by atoms with E-state index in [0.29, 0.717) is 23.8 Å². The molecule has 18 heavy (non-hydrogen) atoms. The van der Waals surface area contributed by atoms with Crippen molar-refractivity contribution in [1.29, 1.82) is 0 Å². The quantitative estimate of drug-likeness (QED) is 0.841. The van der Waals surface area contributed by atoms with Crippen molar-refractivity contribution in [3.8, 4) is 0 Å². The smallest absolute Gasteiger partial charge is 0.251 e. The fourth-order valence-electron chi connectivity index (χ4n) is 2.11. The van der Waals surface area contributed by atoms with Crippen LogP contribution >= 0.6 is 0 Å². The first-order valence-corrected chi connectivity index (χ1v) is 6.25. The van der Waals surface area contributed by atoms with E-state index in [0.717, 1.165) is 31.7 Å². The van der Waals surface area contributed by atoms with Gasteiger partial charge in [0.25, 0.3) is 5.91 Å². The summed E-state index contributed by atoms with van der Waals surface area (Å²) in [6, 6.07) is 3.35. The predicted molar refractivity (Wildman–Crippen MR) is 69.3 cm³/mol. The van der Waals surface area contributed by atoms with Crippen molar-refractivity contribution in [1.82, 2.24) is 10.3 Å². The molecule has 2 rings (SSSR count). The third kappa shape index (κ3) is 3.43. The predicted octanol–water partition coefficient (Wildman–Crippen LogP) is 1.13. The first-order valence-electron chi connectivity index (χ1n) is 6.25. The standard InChI is InChI=1S/C13H19N3O2/c1-9-6-11(7-12(14)16-9)13(17)15-8-10-2-4-18-5-3-10/h6-7,10H,2-5,8H2,1H3,(H2,14,16)(H,15,17). The van der Waals surface area contributed by atoms with Gasteiger partial charge in [-0.1, -0.05) is 0 Å². The first-order chi connectivity index (χ1) is 8.65. The number of pyridine rings is 1. The van der Waals surface area contributed by atoms with Gasteiger partial charge in [-0.3, -0.25) is 4.79 Å². The Bertz CT molecular complexity index is 408. The van der Waals surface area contributed by atoms with Gasteiger partial charge < -0.3 is 15.8 Å². The Kier molecular flexibility index (Phi) is 4.15. The molecule has 1 aliphatic rings. The lowest BCUT2D eigenvalue weighted by Gasteiger charge is -2.22. The summed E-state index contributed by atoms with van der Waals surface area (Å²) in [6.07, 6.45) is 2.02. The molecule has 98 valence electrons. The topological polar surface area (TPSA) is 77.2 Å². The van der Waals surface area contributed by atoms with E-state index in [4.69, 9.17) is 10.5 Å². The van der Waals surface area contributed by atoms with Gasteiger partial charge in [0.05, 0.1) is 0 Å².